The standard InChI is InChI=1S/C13H26N2O2/c1-2-7-15(8-3-1)9-4-6-14-12-13-16-10-5-11-17-13/h13-14H,1-12H2. The highest BCUT2D eigenvalue weighted by atomic mass is 16.7. The van der Waals surface area contributed by atoms with Gasteiger partial charge in [-0.1, -0.05) is 6.42 Å². The van der Waals surface area contributed by atoms with Gasteiger partial charge in [-0.2, -0.15) is 0 Å². The summed E-state index contributed by atoms with van der Waals surface area (Å²) < 4.78 is 11.0. The molecule has 2 rings (SSSR count). The molecule has 17 heavy (non-hydrogen) atoms. The van der Waals surface area contributed by atoms with E-state index in [0.717, 1.165) is 32.7 Å². The van der Waals surface area contributed by atoms with Gasteiger partial charge in [0.25, 0.3) is 0 Å². The lowest BCUT2D eigenvalue weighted by molar-refractivity contribution is -0.175. The Morgan fingerprint density at radius 1 is 1.00 bits per heavy atom. The molecular formula is C13H26N2O2. The molecule has 0 aromatic carbocycles. The molecule has 100 valence electrons. The minimum absolute atomic E-state index is 0.0151. The van der Waals surface area contributed by atoms with E-state index in [0.29, 0.717) is 0 Å². The van der Waals surface area contributed by atoms with Crippen molar-refractivity contribution < 1.29 is 9.47 Å². The fourth-order valence-electron chi connectivity index (χ4n) is 2.49. The van der Waals surface area contributed by atoms with Crippen LogP contribution in [0.25, 0.3) is 0 Å². The van der Waals surface area contributed by atoms with E-state index >= 15 is 0 Å². The number of rotatable bonds is 6. The molecule has 1 N–H and O–H groups in total. The van der Waals surface area contributed by atoms with Gasteiger partial charge in [-0.15, -0.1) is 0 Å². The van der Waals surface area contributed by atoms with E-state index in [4.69, 9.17) is 9.47 Å². The van der Waals surface area contributed by atoms with Crippen LogP contribution in [-0.2, 0) is 9.47 Å². The van der Waals surface area contributed by atoms with E-state index in [1.807, 2.05) is 0 Å². The normalized spacial score (nSPS) is 24.0. The molecule has 2 aliphatic rings. The van der Waals surface area contributed by atoms with Gasteiger partial charge < -0.3 is 19.7 Å². The van der Waals surface area contributed by atoms with Gasteiger partial charge in [0.05, 0.1) is 13.2 Å². The summed E-state index contributed by atoms with van der Waals surface area (Å²) in [5.41, 5.74) is 0. The fraction of sp³-hybridized carbons (Fsp3) is 1.00. The number of piperidine rings is 1. The lowest BCUT2D eigenvalue weighted by Gasteiger charge is -2.26. The third kappa shape index (κ3) is 5.34. The smallest absolute Gasteiger partial charge is 0.169 e. The predicted molar refractivity (Wildman–Crippen MR) is 68.1 cm³/mol. The summed E-state index contributed by atoms with van der Waals surface area (Å²) in [6.45, 7) is 7.43. The van der Waals surface area contributed by atoms with Crippen LogP contribution in [-0.4, -0.2) is 57.1 Å². The third-order valence-electron chi connectivity index (χ3n) is 3.48. The Morgan fingerprint density at radius 3 is 2.53 bits per heavy atom. The number of nitrogens with one attached hydrogen (secondary N) is 1. The first-order valence-electron chi connectivity index (χ1n) is 7.11. The van der Waals surface area contributed by atoms with Gasteiger partial charge >= 0.3 is 0 Å². The lowest BCUT2D eigenvalue weighted by atomic mass is 10.1. The highest BCUT2D eigenvalue weighted by Gasteiger charge is 2.13. The first kappa shape index (κ1) is 13.3. The molecule has 0 radical (unpaired) electrons. The highest BCUT2D eigenvalue weighted by Crippen LogP contribution is 2.08. The summed E-state index contributed by atoms with van der Waals surface area (Å²) in [5.74, 6) is 0. The van der Waals surface area contributed by atoms with Crippen LogP contribution < -0.4 is 5.32 Å². The van der Waals surface area contributed by atoms with Gasteiger partial charge in [-0.05, 0) is 51.9 Å². The molecule has 0 spiro atoms. The zero-order valence-electron chi connectivity index (χ0n) is 10.8. The molecule has 0 atom stereocenters. The van der Waals surface area contributed by atoms with Crippen LogP contribution in [0, 0.1) is 0 Å². The molecule has 2 fully saturated rings. The van der Waals surface area contributed by atoms with Gasteiger partial charge in [0, 0.05) is 6.54 Å². The first-order valence-corrected chi connectivity index (χ1v) is 7.11. The molecule has 0 unspecified atom stereocenters. The Kier molecular flexibility index (Phi) is 6.27. The molecule has 0 aromatic heterocycles. The van der Waals surface area contributed by atoms with Crippen LogP contribution in [0.4, 0.5) is 0 Å². The topological polar surface area (TPSA) is 33.7 Å². The Balaban J connectivity index is 1.42. The van der Waals surface area contributed by atoms with Crippen LogP contribution in [0.2, 0.25) is 0 Å². The number of hydrogen-bond donors (Lipinski definition) is 1. The Bertz CT molecular complexity index is 170. The third-order valence-corrected chi connectivity index (χ3v) is 3.48. The number of ether oxygens (including phenoxy) is 2. The van der Waals surface area contributed by atoms with Crippen LogP contribution in [0.15, 0.2) is 0 Å². The Morgan fingerprint density at radius 2 is 1.76 bits per heavy atom. The minimum Gasteiger partial charge on any atom is -0.351 e. The van der Waals surface area contributed by atoms with Crippen molar-refractivity contribution in [1.82, 2.24) is 10.2 Å². The van der Waals surface area contributed by atoms with Gasteiger partial charge in [0.2, 0.25) is 0 Å². The van der Waals surface area contributed by atoms with Crippen molar-refractivity contribution in [1.29, 1.82) is 0 Å². The second-order valence-electron chi connectivity index (χ2n) is 4.98. The van der Waals surface area contributed by atoms with Crippen molar-refractivity contribution in [3.63, 3.8) is 0 Å². The monoisotopic (exact) mass is 242 g/mol. The van der Waals surface area contributed by atoms with Crippen LogP contribution >= 0.6 is 0 Å². The largest absolute Gasteiger partial charge is 0.351 e. The maximum atomic E-state index is 5.48. The van der Waals surface area contributed by atoms with Gasteiger partial charge in [0.15, 0.2) is 6.29 Å². The highest BCUT2D eigenvalue weighted by molar-refractivity contribution is 4.65. The van der Waals surface area contributed by atoms with Crippen LogP contribution in [0.1, 0.15) is 32.1 Å². The maximum absolute atomic E-state index is 5.48. The summed E-state index contributed by atoms with van der Waals surface area (Å²) >= 11 is 0. The van der Waals surface area contributed by atoms with Crippen LogP contribution in [0.5, 0.6) is 0 Å². The number of likely N-dealkylation sites (tertiary alicyclic amines) is 1. The molecule has 2 aliphatic heterocycles. The number of nitrogens with zero attached hydrogens (tertiary/aromatic N) is 1. The zero-order valence-corrected chi connectivity index (χ0v) is 10.8. The zero-order chi connectivity index (χ0) is 11.8. The van der Waals surface area contributed by atoms with Crippen molar-refractivity contribution in [3.8, 4) is 0 Å². The van der Waals surface area contributed by atoms with E-state index in [1.54, 1.807) is 0 Å². The Hall–Kier alpha value is -0.160. The fourth-order valence-corrected chi connectivity index (χ4v) is 2.49. The van der Waals surface area contributed by atoms with E-state index in [9.17, 15) is 0 Å². The molecule has 4 heteroatoms. The second-order valence-corrected chi connectivity index (χ2v) is 4.98. The number of hydrogen-bond acceptors (Lipinski definition) is 4. The van der Waals surface area contributed by atoms with E-state index in [2.05, 4.69) is 10.2 Å². The summed E-state index contributed by atoms with van der Waals surface area (Å²) in [7, 11) is 0. The van der Waals surface area contributed by atoms with Crippen molar-refractivity contribution in [2.75, 3.05) is 45.9 Å². The molecule has 2 saturated heterocycles. The Labute approximate surface area is 105 Å². The minimum atomic E-state index is -0.0151. The summed E-state index contributed by atoms with van der Waals surface area (Å²) in [6.07, 6.45) is 6.44. The van der Waals surface area contributed by atoms with Crippen LogP contribution in [0.3, 0.4) is 0 Å². The second kappa shape index (κ2) is 8.03. The van der Waals surface area contributed by atoms with Crippen molar-refractivity contribution >= 4 is 0 Å². The molecular weight excluding hydrogens is 216 g/mol. The summed E-state index contributed by atoms with van der Waals surface area (Å²) in [6, 6.07) is 0. The molecule has 0 bridgehead atoms. The van der Waals surface area contributed by atoms with E-state index < -0.39 is 0 Å². The molecule has 0 amide bonds. The van der Waals surface area contributed by atoms with Gasteiger partial charge in [0.1, 0.15) is 0 Å². The van der Waals surface area contributed by atoms with Crippen molar-refractivity contribution in [2.24, 2.45) is 0 Å². The lowest BCUT2D eigenvalue weighted by Crippen LogP contribution is -2.37. The van der Waals surface area contributed by atoms with E-state index in [-0.39, 0.29) is 6.29 Å². The molecule has 0 aliphatic carbocycles. The molecule has 4 nitrogen and oxygen atoms in total. The summed E-state index contributed by atoms with van der Waals surface area (Å²) in [4.78, 5) is 2.58. The molecule has 0 saturated carbocycles. The quantitative estimate of drug-likeness (QED) is 0.710. The molecule has 0 aromatic rings. The maximum Gasteiger partial charge on any atom is 0.169 e. The van der Waals surface area contributed by atoms with Gasteiger partial charge in [-0.25, -0.2) is 0 Å². The van der Waals surface area contributed by atoms with Gasteiger partial charge in [-0.3, -0.25) is 0 Å². The average Bonchev–Trinajstić information content (AvgIpc) is 2.41. The van der Waals surface area contributed by atoms with E-state index in [1.165, 1.54) is 45.3 Å². The average molecular weight is 242 g/mol. The van der Waals surface area contributed by atoms with Crippen molar-refractivity contribution in [3.05, 3.63) is 0 Å². The SMILES string of the molecule is C1CCN(CCCNCC2OCCCO2)CC1. The van der Waals surface area contributed by atoms with Crippen molar-refractivity contribution in [2.45, 2.75) is 38.4 Å². The first-order chi connectivity index (χ1) is 8.45. The predicted octanol–water partition coefficient (Wildman–Crippen LogP) is 1.21. The molecule has 2 heterocycles. The summed E-state index contributed by atoms with van der Waals surface area (Å²) in [5, 5.41) is 3.42.